The highest BCUT2D eigenvalue weighted by atomic mass is 35.5. The molecule has 27 heavy (non-hydrogen) atoms. The minimum absolute atomic E-state index is 0.0721. The molecule has 146 valence electrons. The number of pyridine rings is 1. The third kappa shape index (κ3) is 6.11. The van der Waals surface area contributed by atoms with E-state index in [1.54, 1.807) is 12.1 Å². The van der Waals surface area contributed by atoms with E-state index in [0.29, 0.717) is 40.6 Å². The maximum absolute atomic E-state index is 12.6. The molecule has 1 fully saturated rings. The topological polar surface area (TPSA) is 43.4 Å². The number of hydrogen-bond donors (Lipinski definition) is 1. The molecule has 1 aliphatic carbocycles. The molecule has 0 unspecified atom stereocenters. The van der Waals surface area contributed by atoms with E-state index in [1.807, 2.05) is 0 Å². The van der Waals surface area contributed by atoms with E-state index < -0.39 is 6.61 Å². The number of rotatable bonds is 10. The number of aromatic nitrogens is 1. The smallest absolute Gasteiger partial charge is 0.387 e. The van der Waals surface area contributed by atoms with Gasteiger partial charge in [0.05, 0.1) is 22.3 Å². The maximum Gasteiger partial charge on any atom is 0.387 e. The van der Waals surface area contributed by atoms with Gasteiger partial charge < -0.3 is 14.8 Å². The molecule has 1 heterocycles. The zero-order valence-corrected chi connectivity index (χ0v) is 16.1. The van der Waals surface area contributed by atoms with Crippen LogP contribution >= 0.6 is 23.2 Å². The van der Waals surface area contributed by atoms with Crippen LogP contribution in [0.1, 0.15) is 24.8 Å². The quantitative estimate of drug-likeness (QED) is 0.495. The van der Waals surface area contributed by atoms with Crippen LogP contribution in [0.15, 0.2) is 30.6 Å². The summed E-state index contributed by atoms with van der Waals surface area (Å²) >= 11 is 12.1. The van der Waals surface area contributed by atoms with E-state index in [0.717, 1.165) is 31.2 Å². The van der Waals surface area contributed by atoms with Gasteiger partial charge in [0.15, 0.2) is 11.5 Å². The van der Waals surface area contributed by atoms with Gasteiger partial charge in [-0.2, -0.15) is 8.78 Å². The van der Waals surface area contributed by atoms with Crippen LogP contribution in [0.3, 0.4) is 0 Å². The molecule has 0 amide bonds. The van der Waals surface area contributed by atoms with Crippen molar-refractivity contribution in [2.24, 2.45) is 5.92 Å². The van der Waals surface area contributed by atoms with E-state index in [1.165, 1.54) is 18.5 Å². The zero-order valence-electron chi connectivity index (χ0n) is 14.6. The average molecular weight is 417 g/mol. The minimum atomic E-state index is -2.88. The fourth-order valence-electron chi connectivity index (χ4n) is 2.59. The zero-order chi connectivity index (χ0) is 19.2. The molecule has 0 bridgehead atoms. The van der Waals surface area contributed by atoms with Gasteiger partial charge in [-0.1, -0.05) is 29.3 Å². The number of anilines is 1. The number of alkyl halides is 2. The Morgan fingerprint density at radius 2 is 1.89 bits per heavy atom. The van der Waals surface area contributed by atoms with Gasteiger partial charge >= 0.3 is 6.61 Å². The van der Waals surface area contributed by atoms with Crippen LogP contribution < -0.4 is 14.8 Å². The Hall–Kier alpha value is -1.79. The minimum Gasteiger partial charge on any atom is -0.489 e. The molecule has 0 saturated heterocycles. The van der Waals surface area contributed by atoms with E-state index in [2.05, 4.69) is 15.0 Å². The van der Waals surface area contributed by atoms with Gasteiger partial charge in [-0.15, -0.1) is 0 Å². The molecule has 1 saturated carbocycles. The first-order valence-electron chi connectivity index (χ1n) is 8.76. The van der Waals surface area contributed by atoms with Gasteiger partial charge in [-0.3, -0.25) is 4.98 Å². The highest BCUT2D eigenvalue weighted by Gasteiger charge is 2.23. The summed E-state index contributed by atoms with van der Waals surface area (Å²) in [5.74, 6) is 0.961. The molecule has 0 spiro atoms. The molecule has 1 N–H and O–H groups in total. The third-order valence-corrected chi connectivity index (χ3v) is 4.77. The van der Waals surface area contributed by atoms with Gasteiger partial charge in [-0.05, 0) is 49.3 Å². The van der Waals surface area contributed by atoms with Crippen molar-refractivity contribution in [1.82, 2.24) is 4.98 Å². The standard InChI is InChI=1S/C19H20Cl2F2N2O2/c20-14-9-24-10-15(21)18(14)25-7-1-2-12-5-6-16(27-19(22)23)17(8-12)26-11-13-3-4-13/h5-6,8-10,13,19H,1-4,7,11H2,(H,24,25). The SMILES string of the molecule is FC(F)Oc1ccc(CCCNc2c(Cl)cncc2Cl)cc1OCC1CC1. The molecule has 3 rings (SSSR count). The summed E-state index contributed by atoms with van der Waals surface area (Å²) in [6, 6.07) is 5.08. The Morgan fingerprint density at radius 1 is 1.15 bits per heavy atom. The summed E-state index contributed by atoms with van der Waals surface area (Å²) in [6.07, 6.45) is 6.84. The molecule has 8 heteroatoms. The predicted molar refractivity (Wildman–Crippen MR) is 102 cm³/mol. The lowest BCUT2D eigenvalue weighted by Crippen LogP contribution is -2.07. The Kier molecular flexibility index (Phi) is 6.96. The van der Waals surface area contributed by atoms with Crippen LogP contribution in [-0.2, 0) is 6.42 Å². The molecule has 2 aromatic rings. The lowest BCUT2D eigenvalue weighted by Gasteiger charge is -2.14. The normalized spacial score (nSPS) is 13.7. The summed E-state index contributed by atoms with van der Waals surface area (Å²) in [5, 5.41) is 4.12. The molecular formula is C19H20Cl2F2N2O2. The van der Waals surface area contributed by atoms with Crippen molar-refractivity contribution in [1.29, 1.82) is 0 Å². The Bertz CT molecular complexity index is 753. The highest BCUT2D eigenvalue weighted by Crippen LogP contribution is 2.34. The van der Waals surface area contributed by atoms with Crippen LogP contribution in [0.4, 0.5) is 14.5 Å². The lowest BCUT2D eigenvalue weighted by molar-refractivity contribution is -0.0515. The monoisotopic (exact) mass is 416 g/mol. The van der Waals surface area contributed by atoms with E-state index in [-0.39, 0.29) is 5.75 Å². The van der Waals surface area contributed by atoms with Crippen LogP contribution in [0.25, 0.3) is 0 Å². The number of benzene rings is 1. The van der Waals surface area contributed by atoms with Crippen molar-refractivity contribution in [3.05, 3.63) is 46.2 Å². The molecular weight excluding hydrogens is 397 g/mol. The highest BCUT2D eigenvalue weighted by molar-refractivity contribution is 6.38. The van der Waals surface area contributed by atoms with Crippen LogP contribution in [0.2, 0.25) is 10.0 Å². The lowest BCUT2D eigenvalue weighted by atomic mass is 10.1. The number of hydrogen-bond acceptors (Lipinski definition) is 4. The van der Waals surface area contributed by atoms with E-state index in [9.17, 15) is 8.78 Å². The van der Waals surface area contributed by atoms with E-state index >= 15 is 0 Å². The van der Waals surface area contributed by atoms with Crippen molar-refractivity contribution in [3.8, 4) is 11.5 Å². The van der Waals surface area contributed by atoms with Gasteiger partial charge in [0.25, 0.3) is 0 Å². The van der Waals surface area contributed by atoms with Gasteiger partial charge in [0.2, 0.25) is 0 Å². The van der Waals surface area contributed by atoms with E-state index in [4.69, 9.17) is 27.9 Å². The molecule has 0 radical (unpaired) electrons. The third-order valence-electron chi connectivity index (χ3n) is 4.19. The van der Waals surface area contributed by atoms with Crippen LogP contribution in [0.5, 0.6) is 11.5 Å². The fourth-order valence-corrected chi connectivity index (χ4v) is 3.09. The van der Waals surface area contributed by atoms with Crippen molar-refractivity contribution in [2.75, 3.05) is 18.5 Å². The maximum atomic E-state index is 12.6. The number of nitrogens with zero attached hydrogens (tertiary/aromatic N) is 1. The molecule has 1 aromatic heterocycles. The number of nitrogens with one attached hydrogen (secondary N) is 1. The molecule has 4 nitrogen and oxygen atoms in total. The second kappa shape index (κ2) is 9.42. The number of halogens is 4. The number of aryl methyl sites for hydroxylation is 1. The van der Waals surface area contributed by atoms with Crippen molar-refractivity contribution in [3.63, 3.8) is 0 Å². The van der Waals surface area contributed by atoms with Crippen LogP contribution in [0, 0.1) is 5.92 Å². The summed E-state index contributed by atoms with van der Waals surface area (Å²) < 4.78 is 35.4. The summed E-state index contributed by atoms with van der Waals surface area (Å²) in [4.78, 5) is 3.91. The molecule has 1 aliphatic rings. The van der Waals surface area contributed by atoms with Gasteiger partial charge in [0.1, 0.15) is 0 Å². The molecule has 1 aromatic carbocycles. The van der Waals surface area contributed by atoms with Gasteiger partial charge in [0, 0.05) is 18.9 Å². The summed E-state index contributed by atoms with van der Waals surface area (Å²) in [5.41, 5.74) is 1.64. The van der Waals surface area contributed by atoms with Crippen molar-refractivity contribution in [2.45, 2.75) is 32.3 Å². The van der Waals surface area contributed by atoms with Crippen LogP contribution in [-0.4, -0.2) is 24.7 Å². The number of ether oxygens (including phenoxy) is 2. The van der Waals surface area contributed by atoms with Crippen molar-refractivity contribution >= 4 is 28.9 Å². The first kappa shape index (κ1) is 20.0. The molecule has 0 atom stereocenters. The first-order valence-corrected chi connectivity index (χ1v) is 9.52. The summed E-state index contributed by atoms with van der Waals surface area (Å²) in [6.45, 7) is -1.70. The second-order valence-corrected chi connectivity index (χ2v) is 7.24. The second-order valence-electron chi connectivity index (χ2n) is 6.42. The Morgan fingerprint density at radius 3 is 2.56 bits per heavy atom. The fraction of sp³-hybridized carbons (Fsp3) is 0.421. The van der Waals surface area contributed by atoms with Gasteiger partial charge in [-0.25, -0.2) is 0 Å². The predicted octanol–water partition coefficient (Wildman–Crippen LogP) is 5.82. The summed E-state index contributed by atoms with van der Waals surface area (Å²) in [7, 11) is 0. The molecule has 0 aliphatic heterocycles. The Labute approximate surface area is 166 Å². The first-order chi connectivity index (χ1) is 13.0. The Balaban J connectivity index is 1.56. The average Bonchev–Trinajstić information content (AvgIpc) is 3.44. The van der Waals surface area contributed by atoms with Crippen molar-refractivity contribution < 1.29 is 18.3 Å². The largest absolute Gasteiger partial charge is 0.489 e.